The molecule has 0 radical (unpaired) electrons. The third kappa shape index (κ3) is 8.90. The van der Waals surface area contributed by atoms with E-state index in [9.17, 15) is 5.11 Å². The Labute approximate surface area is 114 Å². The topological polar surface area (TPSA) is 35.5 Å². The third-order valence-electron chi connectivity index (χ3n) is 3.16. The number of hydrogen-bond donors (Lipinski definition) is 2. The molecule has 0 saturated carbocycles. The predicted molar refractivity (Wildman–Crippen MR) is 80.0 cm³/mol. The third-order valence-corrected chi connectivity index (χ3v) is 3.16. The normalized spacial score (nSPS) is 16.0. The molecule has 18 heavy (non-hydrogen) atoms. The van der Waals surface area contributed by atoms with Crippen molar-refractivity contribution in [2.24, 2.45) is 5.41 Å². The standard InChI is InChI=1S/C15H34N2O/c1-7-10-16-15(5,13-18)9-8-11-17(6)12-14(2,3)4/h16,18H,7-13H2,1-6H3. The zero-order valence-corrected chi connectivity index (χ0v) is 13.3. The van der Waals surface area contributed by atoms with Crippen molar-refractivity contribution in [2.75, 3.05) is 33.3 Å². The highest BCUT2D eigenvalue weighted by Gasteiger charge is 2.22. The summed E-state index contributed by atoms with van der Waals surface area (Å²) in [6.45, 7) is 14.5. The van der Waals surface area contributed by atoms with Crippen LogP contribution in [0.15, 0.2) is 0 Å². The maximum atomic E-state index is 9.49. The van der Waals surface area contributed by atoms with Crippen molar-refractivity contribution < 1.29 is 5.11 Å². The first kappa shape index (κ1) is 17.9. The molecular weight excluding hydrogens is 224 g/mol. The lowest BCUT2D eigenvalue weighted by molar-refractivity contribution is 0.154. The van der Waals surface area contributed by atoms with Gasteiger partial charge < -0.3 is 15.3 Å². The second kappa shape index (κ2) is 8.13. The van der Waals surface area contributed by atoms with E-state index in [0.717, 1.165) is 38.9 Å². The molecule has 0 aromatic carbocycles. The molecule has 0 aromatic heterocycles. The highest BCUT2D eigenvalue weighted by Crippen LogP contribution is 2.16. The van der Waals surface area contributed by atoms with Gasteiger partial charge in [-0.05, 0) is 51.7 Å². The summed E-state index contributed by atoms with van der Waals surface area (Å²) in [6.07, 6.45) is 3.26. The summed E-state index contributed by atoms with van der Waals surface area (Å²) in [5.74, 6) is 0. The summed E-state index contributed by atoms with van der Waals surface area (Å²) in [6, 6.07) is 0. The fourth-order valence-electron chi connectivity index (χ4n) is 2.28. The van der Waals surface area contributed by atoms with Gasteiger partial charge in [0, 0.05) is 12.1 Å². The van der Waals surface area contributed by atoms with E-state index in [1.54, 1.807) is 0 Å². The van der Waals surface area contributed by atoms with Crippen LogP contribution in [-0.2, 0) is 0 Å². The number of nitrogens with zero attached hydrogens (tertiary/aromatic N) is 1. The molecule has 0 aromatic rings. The molecule has 0 saturated heterocycles. The van der Waals surface area contributed by atoms with Gasteiger partial charge in [0.15, 0.2) is 0 Å². The number of aliphatic hydroxyl groups is 1. The van der Waals surface area contributed by atoms with Crippen LogP contribution in [0.25, 0.3) is 0 Å². The Balaban J connectivity index is 3.92. The zero-order chi connectivity index (χ0) is 14.2. The summed E-state index contributed by atoms with van der Waals surface area (Å²) >= 11 is 0. The fraction of sp³-hybridized carbons (Fsp3) is 1.00. The smallest absolute Gasteiger partial charge is 0.0610 e. The van der Waals surface area contributed by atoms with E-state index in [2.05, 4.69) is 51.9 Å². The van der Waals surface area contributed by atoms with Crippen LogP contribution in [0.3, 0.4) is 0 Å². The summed E-state index contributed by atoms with van der Waals surface area (Å²) in [7, 11) is 2.18. The van der Waals surface area contributed by atoms with Crippen LogP contribution in [-0.4, -0.2) is 48.8 Å². The molecule has 0 bridgehead atoms. The Kier molecular flexibility index (Phi) is 8.08. The van der Waals surface area contributed by atoms with Gasteiger partial charge >= 0.3 is 0 Å². The van der Waals surface area contributed by atoms with E-state index in [1.807, 2.05) is 0 Å². The lowest BCUT2D eigenvalue weighted by atomic mass is 9.94. The SMILES string of the molecule is CCCNC(C)(CO)CCCN(C)CC(C)(C)C. The van der Waals surface area contributed by atoms with Crippen LogP contribution in [0.1, 0.15) is 53.9 Å². The molecule has 0 aliphatic rings. The molecule has 2 N–H and O–H groups in total. The molecule has 1 atom stereocenters. The van der Waals surface area contributed by atoms with E-state index < -0.39 is 0 Å². The summed E-state index contributed by atoms with van der Waals surface area (Å²) in [5, 5.41) is 12.9. The van der Waals surface area contributed by atoms with Crippen molar-refractivity contribution in [1.29, 1.82) is 0 Å². The quantitative estimate of drug-likeness (QED) is 0.667. The maximum absolute atomic E-state index is 9.49. The Morgan fingerprint density at radius 1 is 1.17 bits per heavy atom. The largest absolute Gasteiger partial charge is 0.394 e. The van der Waals surface area contributed by atoms with Crippen molar-refractivity contribution in [2.45, 2.75) is 59.4 Å². The van der Waals surface area contributed by atoms with Crippen molar-refractivity contribution in [3.63, 3.8) is 0 Å². The summed E-state index contributed by atoms with van der Waals surface area (Å²) in [5.41, 5.74) is 0.244. The molecule has 0 amide bonds. The highest BCUT2D eigenvalue weighted by atomic mass is 16.3. The van der Waals surface area contributed by atoms with Gasteiger partial charge in [0.2, 0.25) is 0 Å². The molecule has 110 valence electrons. The highest BCUT2D eigenvalue weighted by molar-refractivity contribution is 4.82. The molecular formula is C15H34N2O. The molecule has 1 unspecified atom stereocenters. The van der Waals surface area contributed by atoms with Gasteiger partial charge in [-0.15, -0.1) is 0 Å². The Morgan fingerprint density at radius 3 is 2.22 bits per heavy atom. The Morgan fingerprint density at radius 2 is 1.78 bits per heavy atom. The predicted octanol–water partition coefficient (Wildman–Crippen LogP) is 2.50. The lowest BCUT2D eigenvalue weighted by Crippen LogP contribution is -2.46. The molecule has 0 aliphatic heterocycles. The monoisotopic (exact) mass is 258 g/mol. The van der Waals surface area contributed by atoms with E-state index in [1.165, 1.54) is 0 Å². The molecule has 0 fully saturated rings. The van der Waals surface area contributed by atoms with Gasteiger partial charge in [0.05, 0.1) is 6.61 Å². The average molecular weight is 258 g/mol. The Hall–Kier alpha value is -0.120. The molecule has 3 nitrogen and oxygen atoms in total. The molecule has 3 heteroatoms. The first-order valence-electron chi connectivity index (χ1n) is 7.27. The van der Waals surface area contributed by atoms with Gasteiger partial charge in [0.25, 0.3) is 0 Å². The maximum Gasteiger partial charge on any atom is 0.0610 e. The van der Waals surface area contributed by atoms with Gasteiger partial charge in [-0.3, -0.25) is 0 Å². The number of nitrogens with one attached hydrogen (secondary N) is 1. The minimum absolute atomic E-state index is 0.113. The van der Waals surface area contributed by atoms with Crippen molar-refractivity contribution in [3.8, 4) is 0 Å². The van der Waals surface area contributed by atoms with Crippen LogP contribution in [0.2, 0.25) is 0 Å². The zero-order valence-electron chi connectivity index (χ0n) is 13.3. The van der Waals surface area contributed by atoms with Gasteiger partial charge in [0.1, 0.15) is 0 Å². The first-order valence-corrected chi connectivity index (χ1v) is 7.27. The molecule has 0 spiro atoms. The average Bonchev–Trinajstić information content (AvgIpc) is 2.24. The molecule has 0 aliphatic carbocycles. The summed E-state index contributed by atoms with van der Waals surface area (Å²) < 4.78 is 0. The molecule has 0 heterocycles. The fourth-order valence-corrected chi connectivity index (χ4v) is 2.28. The van der Waals surface area contributed by atoms with Crippen LogP contribution < -0.4 is 5.32 Å². The van der Waals surface area contributed by atoms with Gasteiger partial charge in [-0.2, -0.15) is 0 Å². The Bertz CT molecular complexity index is 213. The van der Waals surface area contributed by atoms with Crippen LogP contribution >= 0.6 is 0 Å². The van der Waals surface area contributed by atoms with E-state index >= 15 is 0 Å². The number of rotatable bonds is 9. The van der Waals surface area contributed by atoms with E-state index in [4.69, 9.17) is 0 Å². The van der Waals surface area contributed by atoms with Crippen molar-refractivity contribution >= 4 is 0 Å². The van der Waals surface area contributed by atoms with E-state index in [-0.39, 0.29) is 12.1 Å². The first-order chi connectivity index (χ1) is 8.22. The van der Waals surface area contributed by atoms with Crippen molar-refractivity contribution in [3.05, 3.63) is 0 Å². The van der Waals surface area contributed by atoms with E-state index in [0.29, 0.717) is 5.41 Å². The van der Waals surface area contributed by atoms with Crippen LogP contribution in [0.5, 0.6) is 0 Å². The minimum Gasteiger partial charge on any atom is -0.394 e. The number of hydrogen-bond acceptors (Lipinski definition) is 3. The van der Waals surface area contributed by atoms with Gasteiger partial charge in [-0.1, -0.05) is 27.7 Å². The second-order valence-corrected chi connectivity index (χ2v) is 7.05. The second-order valence-electron chi connectivity index (χ2n) is 7.05. The van der Waals surface area contributed by atoms with Crippen LogP contribution in [0.4, 0.5) is 0 Å². The summed E-state index contributed by atoms with van der Waals surface area (Å²) in [4.78, 5) is 2.39. The minimum atomic E-state index is -0.113. The number of aliphatic hydroxyl groups excluding tert-OH is 1. The van der Waals surface area contributed by atoms with Crippen LogP contribution in [0, 0.1) is 5.41 Å². The van der Waals surface area contributed by atoms with Gasteiger partial charge in [-0.25, -0.2) is 0 Å². The van der Waals surface area contributed by atoms with Crippen molar-refractivity contribution in [1.82, 2.24) is 10.2 Å². The lowest BCUT2D eigenvalue weighted by Gasteiger charge is -2.31. The molecule has 0 rings (SSSR count).